The number of para-hydroxylation sites is 1. The van der Waals surface area contributed by atoms with E-state index in [0.29, 0.717) is 11.5 Å². The number of nitrogens with zero attached hydrogens (tertiary/aromatic N) is 3. The van der Waals surface area contributed by atoms with E-state index in [1.807, 2.05) is 54.7 Å². The summed E-state index contributed by atoms with van der Waals surface area (Å²) >= 11 is 0. The first-order chi connectivity index (χ1) is 12.5. The molecule has 2 aromatic rings. The van der Waals surface area contributed by atoms with Gasteiger partial charge in [-0.05, 0) is 53.6 Å². The third-order valence-electron chi connectivity index (χ3n) is 4.54. The normalized spacial score (nSPS) is 18.2. The molecule has 0 saturated heterocycles. The minimum absolute atomic E-state index is 0.0971. The fourth-order valence-electron chi connectivity index (χ4n) is 3.43. The molecule has 2 N–H and O–H groups in total. The van der Waals surface area contributed by atoms with Gasteiger partial charge < -0.3 is 5.32 Å². The summed E-state index contributed by atoms with van der Waals surface area (Å²) < 4.78 is 0. The molecule has 130 valence electrons. The molecule has 2 aromatic carbocycles. The van der Waals surface area contributed by atoms with E-state index >= 15 is 0 Å². The average Bonchev–Trinajstić information content (AvgIpc) is 2.61. The highest BCUT2D eigenvalue weighted by Gasteiger charge is 2.32. The van der Waals surface area contributed by atoms with Gasteiger partial charge in [-0.1, -0.05) is 38.1 Å². The quantitative estimate of drug-likeness (QED) is 0.372. The molecule has 5 nitrogen and oxygen atoms in total. The average molecular weight is 343 g/mol. The second-order valence-electron chi connectivity index (χ2n) is 7.29. The zero-order valence-electron chi connectivity index (χ0n) is 15.0. The molecule has 26 heavy (non-hydrogen) atoms. The lowest BCUT2D eigenvalue weighted by molar-refractivity contribution is 0.284. The van der Waals surface area contributed by atoms with Crippen molar-refractivity contribution in [2.45, 2.75) is 32.7 Å². The maximum absolute atomic E-state index is 9.24. The Morgan fingerprint density at radius 1 is 1.15 bits per heavy atom. The summed E-state index contributed by atoms with van der Waals surface area (Å²) in [6.07, 6.45) is 3.75. The molecule has 0 unspecified atom stereocenters. The van der Waals surface area contributed by atoms with Gasteiger partial charge in [0.15, 0.2) is 6.19 Å². The van der Waals surface area contributed by atoms with Gasteiger partial charge in [0.1, 0.15) is 0 Å². The van der Waals surface area contributed by atoms with E-state index in [1.54, 1.807) is 0 Å². The summed E-state index contributed by atoms with van der Waals surface area (Å²) in [5.74, 6) is 0.412. The fourth-order valence-corrected chi connectivity index (χ4v) is 3.43. The Morgan fingerprint density at radius 2 is 1.92 bits per heavy atom. The third kappa shape index (κ3) is 4.02. The summed E-state index contributed by atoms with van der Waals surface area (Å²) in [6.45, 7) is 4.44. The van der Waals surface area contributed by atoms with E-state index in [-0.39, 0.29) is 11.5 Å². The summed E-state index contributed by atoms with van der Waals surface area (Å²) in [4.78, 5) is 4.80. The largest absolute Gasteiger partial charge is 0.326 e. The minimum atomic E-state index is -0.117. The van der Waals surface area contributed by atoms with Crippen molar-refractivity contribution in [2.75, 3.05) is 5.32 Å². The number of hydrogen-bond donors (Lipinski definition) is 2. The number of guanidine groups is 1. The number of fused-ring (bicyclic) bond motifs is 1. The monoisotopic (exact) mass is 343 g/mol. The Bertz CT molecular complexity index is 900. The SMILES string of the molecule is CC1(C)Cc2ccc(C#N)cc2[C@@H](N=C(NC#N)Nc2ccccc2)C1. The van der Waals surface area contributed by atoms with Crippen LogP contribution in [0, 0.1) is 28.2 Å². The second-order valence-corrected chi connectivity index (χ2v) is 7.29. The van der Waals surface area contributed by atoms with Crippen molar-refractivity contribution < 1.29 is 0 Å². The Kier molecular flexibility index (Phi) is 4.91. The molecule has 0 heterocycles. The van der Waals surface area contributed by atoms with Crippen molar-refractivity contribution in [3.8, 4) is 12.3 Å². The van der Waals surface area contributed by atoms with Gasteiger partial charge in [-0.3, -0.25) is 5.32 Å². The van der Waals surface area contributed by atoms with E-state index in [0.717, 1.165) is 24.1 Å². The van der Waals surface area contributed by atoms with Crippen LogP contribution in [0.15, 0.2) is 53.5 Å². The molecule has 1 aliphatic carbocycles. The Labute approximate surface area is 154 Å². The van der Waals surface area contributed by atoms with Gasteiger partial charge >= 0.3 is 0 Å². The number of nitrogens with one attached hydrogen (secondary N) is 2. The highest BCUT2D eigenvalue weighted by molar-refractivity contribution is 5.94. The molecule has 0 radical (unpaired) electrons. The van der Waals surface area contributed by atoms with Gasteiger partial charge in [0.05, 0.1) is 17.7 Å². The van der Waals surface area contributed by atoms with Gasteiger partial charge in [-0.2, -0.15) is 10.5 Å². The molecule has 3 rings (SSSR count). The summed E-state index contributed by atoms with van der Waals surface area (Å²) in [6, 6.07) is 17.5. The maximum atomic E-state index is 9.24. The molecule has 0 aliphatic heterocycles. The fraction of sp³-hybridized carbons (Fsp3) is 0.286. The van der Waals surface area contributed by atoms with Gasteiger partial charge in [0, 0.05) is 5.69 Å². The molecular formula is C21H21N5. The zero-order chi connectivity index (χ0) is 18.6. The summed E-state index contributed by atoms with van der Waals surface area (Å²) in [5, 5.41) is 24.1. The van der Waals surface area contributed by atoms with Crippen LogP contribution in [-0.2, 0) is 6.42 Å². The first-order valence-electron chi connectivity index (χ1n) is 8.59. The number of anilines is 1. The molecule has 0 saturated carbocycles. The van der Waals surface area contributed by atoms with Crippen LogP contribution in [0.1, 0.15) is 43.0 Å². The van der Waals surface area contributed by atoms with Gasteiger partial charge in [0.25, 0.3) is 0 Å². The predicted molar refractivity (Wildman–Crippen MR) is 102 cm³/mol. The van der Waals surface area contributed by atoms with Crippen molar-refractivity contribution in [2.24, 2.45) is 10.4 Å². The van der Waals surface area contributed by atoms with Crippen LogP contribution < -0.4 is 10.6 Å². The van der Waals surface area contributed by atoms with Crippen molar-refractivity contribution in [3.05, 3.63) is 65.2 Å². The van der Waals surface area contributed by atoms with Crippen LogP contribution in [0.2, 0.25) is 0 Å². The number of aliphatic imine (C=N–C) groups is 1. The number of hydrogen-bond acceptors (Lipinski definition) is 3. The second kappa shape index (κ2) is 7.29. The molecular weight excluding hydrogens is 322 g/mol. The smallest absolute Gasteiger partial charge is 0.209 e. The van der Waals surface area contributed by atoms with E-state index in [2.05, 4.69) is 30.6 Å². The lowest BCUT2D eigenvalue weighted by Gasteiger charge is -2.35. The molecule has 0 spiro atoms. The van der Waals surface area contributed by atoms with Gasteiger partial charge in [-0.15, -0.1) is 0 Å². The minimum Gasteiger partial charge on any atom is -0.326 e. The third-order valence-corrected chi connectivity index (χ3v) is 4.54. The van der Waals surface area contributed by atoms with Crippen LogP contribution in [0.5, 0.6) is 0 Å². The topological polar surface area (TPSA) is 84.0 Å². The van der Waals surface area contributed by atoms with E-state index in [9.17, 15) is 5.26 Å². The van der Waals surface area contributed by atoms with E-state index < -0.39 is 0 Å². The van der Waals surface area contributed by atoms with Gasteiger partial charge in [-0.25, -0.2) is 4.99 Å². The highest BCUT2D eigenvalue weighted by Crippen LogP contribution is 2.43. The molecule has 1 aliphatic rings. The van der Waals surface area contributed by atoms with E-state index in [4.69, 9.17) is 10.3 Å². The van der Waals surface area contributed by atoms with Gasteiger partial charge in [0.2, 0.25) is 5.96 Å². The lowest BCUT2D eigenvalue weighted by atomic mass is 9.72. The maximum Gasteiger partial charge on any atom is 0.209 e. The Balaban J connectivity index is 1.99. The number of benzene rings is 2. The van der Waals surface area contributed by atoms with Crippen LogP contribution in [0.3, 0.4) is 0 Å². The van der Waals surface area contributed by atoms with Crippen molar-refractivity contribution >= 4 is 11.6 Å². The van der Waals surface area contributed by atoms with Crippen molar-refractivity contribution in [1.82, 2.24) is 5.32 Å². The molecule has 0 fully saturated rings. The summed E-state index contributed by atoms with van der Waals surface area (Å²) in [7, 11) is 0. The highest BCUT2D eigenvalue weighted by atomic mass is 15.2. The first kappa shape index (κ1) is 17.5. The van der Waals surface area contributed by atoms with Crippen LogP contribution in [-0.4, -0.2) is 5.96 Å². The first-order valence-corrected chi connectivity index (χ1v) is 8.59. The van der Waals surface area contributed by atoms with E-state index in [1.165, 1.54) is 5.56 Å². The van der Waals surface area contributed by atoms with Crippen LogP contribution in [0.4, 0.5) is 5.69 Å². The van der Waals surface area contributed by atoms with Crippen LogP contribution in [0.25, 0.3) is 0 Å². The number of rotatable bonds is 2. The van der Waals surface area contributed by atoms with Crippen LogP contribution >= 0.6 is 0 Å². The van der Waals surface area contributed by atoms with Crippen molar-refractivity contribution in [3.63, 3.8) is 0 Å². The summed E-state index contributed by atoms with van der Waals surface area (Å²) in [5.41, 5.74) is 3.87. The predicted octanol–water partition coefficient (Wildman–Crippen LogP) is 4.11. The van der Waals surface area contributed by atoms with Crippen molar-refractivity contribution in [1.29, 1.82) is 10.5 Å². The molecule has 0 aromatic heterocycles. The zero-order valence-corrected chi connectivity index (χ0v) is 15.0. The molecule has 1 atom stereocenters. The molecule has 0 amide bonds. The molecule has 0 bridgehead atoms. The number of nitriles is 2. The Hall–Kier alpha value is -3.31. The lowest BCUT2D eigenvalue weighted by Crippen LogP contribution is -2.30. The molecule has 5 heteroatoms. The standard InChI is InChI=1S/C21H21N5/c1-21(2)11-16-9-8-15(13-22)10-18(16)19(12-21)26-20(24-14-23)25-17-6-4-3-5-7-17/h3-10,19H,11-12H2,1-2H3,(H2,24,25,26)/t19-/m0/s1. The Morgan fingerprint density at radius 3 is 2.62 bits per heavy atom.